The van der Waals surface area contributed by atoms with Crippen LogP contribution in [0.2, 0.25) is 0 Å². The van der Waals surface area contributed by atoms with Crippen LogP contribution in [0.4, 0.5) is 10.1 Å². The highest BCUT2D eigenvalue weighted by molar-refractivity contribution is 5.98. The van der Waals surface area contributed by atoms with Crippen LogP contribution in [0.25, 0.3) is 0 Å². The minimum absolute atomic E-state index is 0.195. The number of anilines is 1. The van der Waals surface area contributed by atoms with Crippen molar-refractivity contribution in [2.45, 2.75) is 33.8 Å². The van der Waals surface area contributed by atoms with E-state index < -0.39 is 23.8 Å². The van der Waals surface area contributed by atoms with Gasteiger partial charge >= 0.3 is 5.97 Å². The molecule has 2 rings (SSSR count). The molecule has 0 aromatic heterocycles. The second-order valence-electron chi connectivity index (χ2n) is 5.79. The molecule has 0 aliphatic heterocycles. The lowest BCUT2D eigenvalue weighted by Gasteiger charge is -2.17. The van der Waals surface area contributed by atoms with Crippen molar-refractivity contribution >= 4 is 17.6 Å². The number of esters is 1. The summed E-state index contributed by atoms with van der Waals surface area (Å²) in [5.74, 6) is -2.01. The molecule has 0 bridgehead atoms. The molecule has 126 valence electrons. The molecule has 0 saturated heterocycles. The molecular formula is C19H20FNO3. The van der Waals surface area contributed by atoms with Gasteiger partial charge in [-0.25, -0.2) is 9.18 Å². The maximum absolute atomic E-state index is 13.6. The van der Waals surface area contributed by atoms with Crippen molar-refractivity contribution in [2.24, 2.45) is 0 Å². The van der Waals surface area contributed by atoms with E-state index in [4.69, 9.17) is 4.74 Å². The van der Waals surface area contributed by atoms with Crippen LogP contribution in [0.3, 0.4) is 0 Å². The molecule has 0 aliphatic rings. The Morgan fingerprint density at radius 1 is 1.08 bits per heavy atom. The number of halogens is 1. The van der Waals surface area contributed by atoms with Gasteiger partial charge < -0.3 is 10.1 Å². The number of nitrogens with one attached hydrogen (secondary N) is 1. The summed E-state index contributed by atoms with van der Waals surface area (Å²) in [4.78, 5) is 24.2. The zero-order chi connectivity index (χ0) is 17.9. The fourth-order valence-corrected chi connectivity index (χ4v) is 2.51. The topological polar surface area (TPSA) is 55.4 Å². The van der Waals surface area contributed by atoms with E-state index in [-0.39, 0.29) is 5.56 Å². The zero-order valence-electron chi connectivity index (χ0n) is 14.1. The number of carbonyl (C=O) groups is 2. The van der Waals surface area contributed by atoms with E-state index in [1.807, 2.05) is 32.9 Å². The predicted molar refractivity (Wildman–Crippen MR) is 90.6 cm³/mol. The first-order valence-corrected chi connectivity index (χ1v) is 7.64. The van der Waals surface area contributed by atoms with Crippen LogP contribution in [-0.4, -0.2) is 18.0 Å². The summed E-state index contributed by atoms with van der Waals surface area (Å²) < 4.78 is 18.6. The molecule has 24 heavy (non-hydrogen) atoms. The highest BCUT2D eigenvalue weighted by Crippen LogP contribution is 2.22. The normalized spacial score (nSPS) is 11.7. The number of carbonyl (C=O) groups excluding carboxylic acids is 2. The van der Waals surface area contributed by atoms with E-state index in [2.05, 4.69) is 5.32 Å². The second-order valence-corrected chi connectivity index (χ2v) is 5.79. The molecule has 0 heterocycles. The number of aryl methyl sites for hydroxylation is 3. The van der Waals surface area contributed by atoms with Gasteiger partial charge in [0.25, 0.3) is 5.91 Å². The van der Waals surface area contributed by atoms with Crippen LogP contribution >= 0.6 is 0 Å². The van der Waals surface area contributed by atoms with Crippen molar-refractivity contribution in [3.8, 4) is 0 Å². The summed E-state index contributed by atoms with van der Waals surface area (Å²) in [7, 11) is 0. The summed E-state index contributed by atoms with van der Waals surface area (Å²) in [5, 5.41) is 2.77. The van der Waals surface area contributed by atoms with Gasteiger partial charge in [-0.05, 0) is 51.0 Å². The minimum atomic E-state index is -1.04. The molecule has 1 amide bonds. The third kappa shape index (κ3) is 3.98. The van der Waals surface area contributed by atoms with Gasteiger partial charge in [-0.1, -0.05) is 29.8 Å². The van der Waals surface area contributed by atoms with E-state index in [9.17, 15) is 14.0 Å². The maximum atomic E-state index is 13.6. The molecule has 1 unspecified atom stereocenters. The molecule has 0 aliphatic carbocycles. The smallest absolute Gasteiger partial charge is 0.341 e. The van der Waals surface area contributed by atoms with Crippen molar-refractivity contribution in [2.75, 3.05) is 5.32 Å². The molecule has 0 fully saturated rings. The van der Waals surface area contributed by atoms with Crippen molar-refractivity contribution in [1.29, 1.82) is 0 Å². The Kier molecular flexibility index (Phi) is 5.34. The maximum Gasteiger partial charge on any atom is 0.341 e. The van der Waals surface area contributed by atoms with E-state index in [1.165, 1.54) is 31.2 Å². The van der Waals surface area contributed by atoms with E-state index >= 15 is 0 Å². The number of amides is 1. The lowest BCUT2D eigenvalue weighted by Crippen LogP contribution is -2.30. The molecule has 0 radical (unpaired) electrons. The van der Waals surface area contributed by atoms with Gasteiger partial charge in [-0.15, -0.1) is 0 Å². The Bertz CT molecular complexity index is 763. The lowest BCUT2D eigenvalue weighted by atomic mass is 10.0. The van der Waals surface area contributed by atoms with Crippen LogP contribution in [0.1, 0.15) is 34.0 Å². The highest BCUT2D eigenvalue weighted by atomic mass is 19.1. The Balaban J connectivity index is 2.08. The minimum Gasteiger partial charge on any atom is -0.449 e. The first kappa shape index (κ1) is 17.7. The fourth-order valence-electron chi connectivity index (χ4n) is 2.51. The number of hydrogen-bond donors (Lipinski definition) is 1. The lowest BCUT2D eigenvalue weighted by molar-refractivity contribution is -0.123. The van der Waals surface area contributed by atoms with Crippen LogP contribution in [0.15, 0.2) is 36.4 Å². The van der Waals surface area contributed by atoms with Crippen LogP contribution in [0, 0.1) is 26.6 Å². The summed E-state index contributed by atoms with van der Waals surface area (Å²) in [6.45, 7) is 7.22. The molecule has 5 heteroatoms. The molecule has 1 atom stereocenters. The predicted octanol–water partition coefficient (Wildman–Crippen LogP) is 3.93. The second kappa shape index (κ2) is 7.25. The summed E-state index contributed by atoms with van der Waals surface area (Å²) in [6, 6.07) is 9.41. The number of rotatable bonds is 4. The number of benzene rings is 2. The zero-order valence-corrected chi connectivity index (χ0v) is 14.1. The molecule has 2 aromatic carbocycles. The standard InChI is InChI=1S/C19H20FNO3/c1-11-9-12(2)17(13(3)10-11)21-18(22)14(4)24-19(23)15-7-5-6-8-16(15)20/h5-10,14H,1-4H3,(H,21,22). The summed E-state index contributed by atoms with van der Waals surface area (Å²) >= 11 is 0. The molecule has 2 aromatic rings. The molecule has 0 spiro atoms. The van der Waals surface area contributed by atoms with E-state index in [1.54, 1.807) is 0 Å². The van der Waals surface area contributed by atoms with Crippen molar-refractivity contribution < 1.29 is 18.7 Å². The molecular weight excluding hydrogens is 309 g/mol. The van der Waals surface area contributed by atoms with E-state index in [0.29, 0.717) is 5.69 Å². The molecule has 0 saturated carbocycles. The van der Waals surface area contributed by atoms with Gasteiger partial charge in [0.1, 0.15) is 5.82 Å². The van der Waals surface area contributed by atoms with E-state index in [0.717, 1.165) is 16.7 Å². The first-order chi connectivity index (χ1) is 11.3. The van der Waals surface area contributed by atoms with Crippen molar-refractivity contribution in [1.82, 2.24) is 0 Å². The number of hydrogen-bond acceptors (Lipinski definition) is 3. The van der Waals surface area contributed by atoms with Gasteiger partial charge in [0.2, 0.25) is 0 Å². The first-order valence-electron chi connectivity index (χ1n) is 7.64. The molecule has 1 N–H and O–H groups in total. The van der Waals surface area contributed by atoms with Crippen molar-refractivity contribution in [3.63, 3.8) is 0 Å². The average molecular weight is 329 g/mol. The van der Waals surface area contributed by atoms with Gasteiger partial charge in [0.15, 0.2) is 6.10 Å². The third-order valence-corrected chi connectivity index (χ3v) is 3.67. The third-order valence-electron chi connectivity index (χ3n) is 3.67. The summed E-state index contributed by atoms with van der Waals surface area (Å²) in [6.07, 6.45) is -1.04. The van der Waals surface area contributed by atoms with Gasteiger partial charge in [0.05, 0.1) is 5.56 Å². The monoisotopic (exact) mass is 329 g/mol. The SMILES string of the molecule is Cc1cc(C)c(NC(=O)C(C)OC(=O)c2ccccc2F)c(C)c1. The largest absolute Gasteiger partial charge is 0.449 e. The quantitative estimate of drug-likeness (QED) is 0.865. The van der Waals surface area contributed by atoms with Gasteiger partial charge in [0, 0.05) is 5.69 Å². The number of ether oxygens (including phenoxy) is 1. The molecule has 4 nitrogen and oxygen atoms in total. The van der Waals surface area contributed by atoms with Crippen LogP contribution < -0.4 is 5.32 Å². The van der Waals surface area contributed by atoms with Crippen LogP contribution in [0.5, 0.6) is 0 Å². The van der Waals surface area contributed by atoms with Crippen LogP contribution in [-0.2, 0) is 9.53 Å². The average Bonchev–Trinajstić information content (AvgIpc) is 2.50. The highest BCUT2D eigenvalue weighted by Gasteiger charge is 2.21. The fraction of sp³-hybridized carbons (Fsp3) is 0.263. The summed E-state index contributed by atoms with van der Waals surface area (Å²) in [5.41, 5.74) is 3.45. The Morgan fingerprint density at radius 3 is 2.25 bits per heavy atom. The van der Waals surface area contributed by atoms with Crippen molar-refractivity contribution in [3.05, 3.63) is 64.5 Å². The van der Waals surface area contributed by atoms with Gasteiger partial charge in [-0.2, -0.15) is 0 Å². The Hall–Kier alpha value is -2.69. The Labute approximate surface area is 140 Å². The van der Waals surface area contributed by atoms with Gasteiger partial charge in [-0.3, -0.25) is 4.79 Å². The Morgan fingerprint density at radius 2 is 1.67 bits per heavy atom.